The van der Waals surface area contributed by atoms with E-state index in [2.05, 4.69) is 45.5 Å². The third-order valence-electron chi connectivity index (χ3n) is 2.59. The molecule has 0 saturated heterocycles. The Kier molecular flexibility index (Phi) is 3.84. The van der Waals surface area contributed by atoms with Crippen LogP contribution in [0.15, 0.2) is 34.8 Å². The average Bonchev–Trinajstić information content (AvgIpc) is 2.73. The molecule has 80 valence electrons. The van der Waals surface area contributed by atoms with Crippen molar-refractivity contribution in [2.75, 3.05) is 0 Å². The number of hydrogen-bond donors (Lipinski definition) is 1. The molecule has 0 unspecified atom stereocenters. The zero-order valence-corrected chi connectivity index (χ0v) is 10.7. The number of halogens is 2. The van der Waals surface area contributed by atoms with E-state index in [1.807, 2.05) is 6.07 Å². The fourth-order valence-corrected chi connectivity index (χ4v) is 2.24. The quantitative estimate of drug-likeness (QED) is 0.831. The van der Waals surface area contributed by atoms with Crippen molar-refractivity contribution < 1.29 is 0 Å². The van der Waals surface area contributed by atoms with Crippen LogP contribution in [0.25, 0.3) is 0 Å². The summed E-state index contributed by atoms with van der Waals surface area (Å²) in [7, 11) is 0. The van der Waals surface area contributed by atoms with Crippen LogP contribution in [0.2, 0.25) is 5.02 Å². The minimum Gasteiger partial charge on any atom is -0.309 e. The Morgan fingerprint density at radius 2 is 2.07 bits per heavy atom. The lowest BCUT2D eigenvalue weighted by Gasteiger charge is -2.12. The maximum absolute atomic E-state index is 5.93. The van der Waals surface area contributed by atoms with Gasteiger partial charge in [-0.15, -0.1) is 0 Å². The van der Waals surface area contributed by atoms with E-state index in [4.69, 9.17) is 11.6 Å². The van der Waals surface area contributed by atoms with Gasteiger partial charge < -0.3 is 5.32 Å². The molecule has 0 aromatic heterocycles. The van der Waals surface area contributed by atoms with Gasteiger partial charge in [0.1, 0.15) is 0 Å². The van der Waals surface area contributed by atoms with Crippen molar-refractivity contribution in [2.24, 2.45) is 0 Å². The largest absolute Gasteiger partial charge is 0.309 e. The van der Waals surface area contributed by atoms with Gasteiger partial charge in [-0.3, -0.25) is 0 Å². The molecule has 1 aliphatic rings. The van der Waals surface area contributed by atoms with Crippen molar-refractivity contribution in [2.45, 2.75) is 25.4 Å². The van der Waals surface area contributed by atoms with E-state index in [0.717, 1.165) is 28.9 Å². The van der Waals surface area contributed by atoms with E-state index in [9.17, 15) is 0 Å². The van der Waals surface area contributed by atoms with Crippen LogP contribution in [0, 0.1) is 0 Å². The van der Waals surface area contributed by atoms with Gasteiger partial charge in [0.25, 0.3) is 0 Å². The molecular weight excluding hydrogens is 273 g/mol. The van der Waals surface area contributed by atoms with E-state index in [1.165, 1.54) is 5.56 Å². The maximum Gasteiger partial charge on any atom is 0.0548 e. The van der Waals surface area contributed by atoms with Gasteiger partial charge in [0.15, 0.2) is 0 Å². The molecule has 0 amide bonds. The Morgan fingerprint density at radius 3 is 2.73 bits per heavy atom. The number of nitrogens with one attached hydrogen (secondary N) is 1. The highest BCUT2D eigenvalue weighted by atomic mass is 79.9. The Labute approximate surface area is 104 Å². The zero-order chi connectivity index (χ0) is 10.7. The van der Waals surface area contributed by atoms with E-state index in [1.54, 1.807) is 0 Å². The molecule has 0 aliphatic heterocycles. The molecule has 1 aliphatic carbocycles. The Balaban J connectivity index is 1.90. The Hall–Kier alpha value is -0.310. The first-order valence-corrected chi connectivity index (χ1v) is 6.25. The van der Waals surface area contributed by atoms with Crippen LogP contribution in [0.5, 0.6) is 0 Å². The summed E-state index contributed by atoms with van der Waals surface area (Å²) in [6, 6.07) is 6.66. The fraction of sp³-hybridized carbons (Fsp3) is 0.333. The molecule has 0 atom stereocenters. The van der Waals surface area contributed by atoms with Crippen LogP contribution < -0.4 is 5.32 Å². The summed E-state index contributed by atoms with van der Waals surface area (Å²) in [4.78, 5) is 0. The van der Waals surface area contributed by atoms with Gasteiger partial charge in [-0.2, -0.15) is 0 Å². The summed E-state index contributed by atoms with van der Waals surface area (Å²) >= 11 is 9.36. The molecule has 2 rings (SSSR count). The third kappa shape index (κ3) is 3.07. The van der Waals surface area contributed by atoms with Crippen molar-refractivity contribution in [1.82, 2.24) is 5.32 Å². The topological polar surface area (TPSA) is 12.0 Å². The standard InChI is InChI=1S/C12H13BrClN/c13-11-7-9(5-6-12(11)14)8-15-10-3-1-2-4-10/h1-2,5-7,10,15H,3-4,8H2. The molecule has 1 nitrogen and oxygen atoms in total. The fourth-order valence-electron chi connectivity index (χ4n) is 1.70. The highest BCUT2D eigenvalue weighted by Gasteiger charge is 2.09. The lowest BCUT2D eigenvalue weighted by Crippen LogP contribution is -2.25. The summed E-state index contributed by atoms with van der Waals surface area (Å²) in [6.45, 7) is 0.905. The molecule has 1 aromatic carbocycles. The smallest absolute Gasteiger partial charge is 0.0548 e. The van der Waals surface area contributed by atoms with Crippen molar-refractivity contribution >= 4 is 27.5 Å². The minimum atomic E-state index is 0.611. The van der Waals surface area contributed by atoms with Gasteiger partial charge in [-0.1, -0.05) is 29.8 Å². The van der Waals surface area contributed by atoms with Crippen LogP contribution in [-0.4, -0.2) is 6.04 Å². The molecule has 0 heterocycles. The lowest BCUT2D eigenvalue weighted by molar-refractivity contribution is 0.538. The molecule has 1 N–H and O–H groups in total. The predicted molar refractivity (Wildman–Crippen MR) is 68.2 cm³/mol. The first kappa shape index (κ1) is 11.2. The first-order chi connectivity index (χ1) is 7.25. The van der Waals surface area contributed by atoms with E-state index < -0.39 is 0 Å². The average molecular weight is 287 g/mol. The van der Waals surface area contributed by atoms with E-state index in [-0.39, 0.29) is 0 Å². The number of benzene rings is 1. The highest BCUT2D eigenvalue weighted by Crippen LogP contribution is 2.23. The Bertz CT molecular complexity index is 368. The monoisotopic (exact) mass is 285 g/mol. The van der Waals surface area contributed by atoms with Crippen LogP contribution in [-0.2, 0) is 6.54 Å². The maximum atomic E-state index is 5.93. The van der Waals surface area contributed by atoms with Gasteiger partial charge >= 0.3 is 0 Å². The first-order valence-electron chi connectivity index (χ1n) is 5.08. The molecular formula is C12H13BrClN. The second kappa shape index (κ2) is 5.15. The van der Waals surface area contributed by atoms with Crippen molar-refractivity contribution in [3.8, 4) is 0 Å². The summed E-state index contributed by atoms with van der Waals surface area (Å²) in [5.41, 5.74) is 1.26. The van der Waals surface area contributed by atoms with E-state index in [0.29, 0.717) is 6.04 Å². The van der Waals surface area contributed by atoms with Gasteiger partial charge in [-0.25, -0.2) is 0 Å². The van der Waals surface area contributed by atoms with Crippen molar-refractivity contribution in [1.29, 1.82) is 0 Å². The van der Waals surface area contributed by atoms with Crippen LogP contribution in [0.1, 0.15) is 18.4 Å². The van der Waals surface area contributed by atoms with Crippen LogP contribution in [0.4, 0.5) is 0 Å². The van der Waals surface area contributed by atoms with Crippen molar-refractivity contribution in [3.05, 3.63) is 45.4 Å². The normalized spacial score (nSPS) is 16.1. The number of hydrogen-bond acceptors (Lipinski definition) is 1. The lowest BCUT2D eigenvalue weighted by atomic mass is 10.2. The summed E-state index contributed by atoms with van der Waals surface area (Å²) in [5.74, 6) is 0. The molecule has 0 spiro atoms. The molecule has 0 bridgehead atoms. The molecule has 3 heteroatoms. The predicted octanol–water partition coefficient (Wildman–Crippen LogP) is 3.91. The second-order valence-corrected chi connectivity index (χ2v) is 5.03. The molecule has 0 radical (unpaired) electrons. The zero-order valence-electron chi connectivity index (χ0n) is 8.34. The van der Waals surface area contributed by atoms with Crippen LogP contribution in [0.3, 0.4) is 0 Å². The molecule has 1 aromatic rings. The summed E-state index contributed by atoms with van der Waals surface area (Å²) < 4.78 is 0.966. The summed E-state index contributed by atoms with van der Waals surface area (Å²) in [5, 5.41) is 4.28. The van der Waals surface area contributed by atoms with Gasteiger partial charge in [0.2, 0.25) is 0 Å². The van der Waals surface area contributed by atoms with Gasteiger partial charge in [0, 0.05) is 17.1 Å². The van der Waals surface area contributed by atoms with Gasteiger partial charge in [-0.05, 0) is 46.5 Å². The molecule has 0 saturated carbocycles. The highest BCUT2D eigenvalue weighted by molar-refractivity contribution is 9.10. The number of rotatable bonds is 3. The third-order valence-corrected chi connectivity index (χ3v) is 3.80. The Morgan fingerprint density at radius 1 is 1.33 bits per heavy atom. The second-order valence-electron chi connectivity index (χ2n) is 3.77. The van der Waals surface area contributed by atoms with Crippen LogP contribution >= 0.6 is 27.5 Å². The molecule has 0 fully saturated rings. The van der Waals surface area contributed by atoms with Crippen molar-refractivity contribution in [3.63, 3.8) is 0 Å². The van der Waals surface area contributed by atoms with Gasteiger partial charge in [0.05, 0.1) is 5.02 Å². The molecule has 15 heavy (non-hydrogen) atoms. The summed E-state index contributed by atoms with van der Waals surface area (Å²) in [6.07, 6.45) is 6.76. The van der Waals surface area contributed by atoms with E-state index >= 15 is 0 Å². The minimum absolute atomic E-state index is 0.611. The SMILES string of the molecule is Clc1ccc(CNC2CC=CC2)cc1Br.